The van der Waals surface area contributed by atoms with Crippen molar-refractivity contribution in [3.63, 3.8) is 0 Å². The molecular weight excluding hydrogens is 375 g/mol. The Morgan fingerprint density at radius 2 is 1.57 bits per heavy atom. The van der Waals surface area contributed by atoms with E-state index in [2.05, 4.69) is 58.7 Å². The second kappa shape index (κ2) is 9.68. The fourth-order valence-corrected chi connectivity index (χ4v) is 4.27. The van der Waals surface area contributed by atoms with E-state index in [0.29, 0.717) is 18.2 Å². The number of nitrogens with zero attached hydrogens (tertiary/aromatic N) is 1. The molecule has 3 aromatic carbocycles. The normalized spacial score (nSPS) is 19.4. The lowest BCUT2D eigenvalue weighted by molar-refractivity contribution is -0.127. The summed E-state index contributed by atoms with van der Waals surface area (Å²) in [6, 6.07) is 27.8. The molecule has 3 nitrogen and oxygen atoms in total. The minimum Gasteiger partial charge on any atom is -0.352 e. The number of likely N-dealkylation sites (tertiary alicyclic amines) is 1. The van der Waals surface area contributed by atoms with Crippen molar-refractivity contribution in [1.29, 1.82) is 0 Å². The van der Waals surface area contributed by atoms with Gasteiger partial charge in [-0.2, -0.15) is 0 Å². The highest BCUT2D eigenvalue weighted by atomic mass is 19.1. The molecule has 1 aliphatic rings. The lowest BCUT2D eigenvalue weighted by Gasteiger charge is -2.39. The van der Waals surface area contributed by atoms with Crippen molar-refractivity contribution in [2.45, 2.75) is 32.0 Å². The molecule has 0 saturated carbocycles. The molecule has 1 N–H and O–H groups in total. The number of piperidine rings is 1. The van der Waals surface area contributed by atoms with Crippen LogP contribution in [-0.2, 0) is 17.9 Å². The predicted molar refractivity (Wildman–Crippen MR) is 117 cm³/mol. The maximum Gasteiger partial charge on any atom is 0.224 e. The highest BCUT2D eigenvalue weighted by molar-refractivity contribution is 5.79. The van der Waals surface area contributed by atoms with Crippen LogP contribution in [0, 0.1) is 11.7 Å². The maximum atomic E-state index is 13.9. The van der Waals surface area contributed by atoms with E-state index in [-0.39, 0.29) is 24.2 Å². The molecule has 0 bridgehead atoms. The summed E-state index contributed by atoms with van der Waals surface area (Å²) in [7, 11) is 0. The van der Waals surface area contributed by atoms with Crippen LogP contribution >= 0.6 is 0 Å². The summed E-state index contributed by atoms with van der Waals surface area (Å²) >= 11 is 0. The molecule has 1 heterocycles. The largest absolute Gasteiger partial charge is 0.352 e. The van der Waals surface area contributed by atoms with Gasteiger partial charge in [0.2, 0.25) is 5.91 Å². The molecule has 4 heteroatoms. The lowest BCUT2D eigenvalue weighted by Crippen LogP contribution is -2.44. The number of carbonyl (C=O) groups is 1. The minimum absolute atomic E-state index is 0.00262. The Morgan fingerprint density at radius 3 is 2.30 bits per heavy atom. The Hall–Kier alpha value is -2.98. The van der Waals surface area contributed by atoms with E-state index in [1.54, 1.807) is 18.2 Å². The van der Waals surface area contributed by atoms with E-state index in [4.69, 9.17) is 0 Å². The third-order valence-corrected chi connectivity index (χ3v) is 5.88. The molecule has 2 atom stereocenters. The van der Waals surface area contributed by atoms with E-state index in [1.807, 2.05) is 12.1 Å². The van der Waals surface area contributed by atoms with E-state index >= 15 is 0 Å². The number of amides is 1. The van der Waals surface area contributed by atoms with Gasteiger partial charge in [0.1, 0.15) is 5.82 Å². The van der Waals surface area contributed by atoms with Crippen molar-refractivity contribution >= 4 is 5.91 Å². The van der Waals surface area contributed by atoms with Crippen LogP contribution in [0.4, 0.5) is 4.39 Å². The first-order valence-corrected chi connectivity index (χ1v) is 10.5. The van der Waals surface area contributed by atoms with E-state index in [9.17, 15) is 9.18 Å². The van der Waals surface area contributed by atoms with E-state index in [1.165, 1.54) is 17.2 Å². The molecule has 0 radical (unpaired) electrons. The number of hydrogen-bond acceptors (Lipinski definition) is 2. The Bertz CT molecular complexity index is 961. The number of carbonyl (C=O) groups excluding carboxylic acids is 1. The quantitative estimate of drug-likeness (QED) is 0.622. The summed E-state index contributed by atoms with van der Waals surface area (Å²) in [5.41, 5.74) is 3.05. The van der Waals surface area contributed by atoms with Crippen LogP contribution in [0.15, 0.2) is 84.9 Å². The topological polar surface area (TPSA) is 32.3 Å². The minimum atomic E-state index is -0.281. The summed E-state index contributed by atoms with van der Waals surface area (Å²) in [6.45, 7) is 1.72. The van der Waals surface area contributed by atoms with Crippen molar-refractivity contribution in [2.75, 3.05) is 6.54 Å². The lowest BCUT2D eigenvalue weighted by atomic mass is 9.88. The monoisotopic (exact) mass is 402 g/mol. The van der Waals surface area contributed by atoms with Crippen molar-refractivity contribution in [2.24, 2.45) is 5.92 Å². The van der Waals surface area contributed by atoms with E-state index < -0.39 is 0 Å². The van der Waals surface area contributed by atoms with Gasteiger partial charge >= 0.3 is 0 Å². The van der Waals surface area contributed by atoms with Crippen LogP contribution in [0.2, 0.25) is 0 Å². The number of rotatable bonds is 6. The molecule has 1 fully saturated rings. The van der Waals surface area contributed by atoms with Gasteiger partial charge < -0.3 is 5.32 Å². The first-order chi connectivity index (χ1) is 14.7. The summed E-state index contributed by atoms with van der Waals surface area (Å²) in [4.78, 5) is 15.3. The molecule has 2 unspecified atom stereocenters. The molecule has 154 valence electrons. The molecule has 0 spiro atoms. The number of benzene rings is 3. The zero-order valence-corrected chi connectivity index (χ0v) is 17.0. The summed E-state index contributed by atoms with van der Waals surface area (Å²) in [5.74, 6) is -0.375. The molecule has 0 aliphatic carbocycles. The summed E-state index contributed by atoms with van der Waals surface area (Å²) in [5, 5.41) is 2.94. The Labute approximate surface area is 177 Å². The molecule has 1 saturated heterocycles. The molecule has 4 rings (SSSR count). The zero-order valence-electron chi connectivity index (χ0n) is 17.0. The third kappa shape index (κ3) is 4.95. The van der Waals surface area contributed by atoms with Crippen LogP contribution in [-0.4, -0.2) is 17.4 Å². The number of nitrogens with one attached hydrogen (secondary N) is 1. The Kier molecular flexibility index (Phi) is 6.55. The molecule has 1 aliphatic heterocycles. The van der Waals surface area contributed by atoms with Gasteiger partial charge in [0, 0.05) is 31.2 Å². The molecule has 30 heavy (non-hydrogen) atoms. The van der Waals surface area contributed by atoms with E-state index in [0.717, 1.165) is 19.4 Å². The van der Waals surface area contributed by atoms with Crippen LogP contribution in [0.25, 0.3) is 0 Å². The first-order valence-electron chi connectivity index (χ1n) is 10.5. The second-order valence-electron chi connectivity index (χ2n) is 7.93. The van der Waals surface area contributed by atoms with Crippen molar-refractivity contribution < 1.29 is 9.18 Å². The average Bonchev–Trinajstić information content (AvgIpc) is 2.79. The predicted octanol–water partition coefficient (Wildman–Crippen LogP) is 5.10. The molecular formula is C26H27FN2O. The second-order valence-corrected chi connectivity index (χ2v) is 7.93. The van der Waals surface area contributed by atoms with Gasteiger partial charge in [0.25, 0.3) is 0 Å². The summed E-state index contributed by atoms with van der Waals surface area (Å²) in [6.07, 6.45) is 1.75. The summed E-state index contributed by atoms with van der Waals surface area (Å²) < 4.78 is 13.9. The first kappa shape index (κ1) is 20.3. The van der Waals surface area contributed by atoms with Crippen molar-refractivity contribution in [1.82, 2.24) is 10.2 Å². The van der Waals surface area contributed by atoms with Gasteiger partial charge in [-0.3, -0.25) is 9.69 Å². The van der Waals surface area contributed by atoms with Crippen LogP contribution in [0.1, 0.15) is 35.6 Å². The average molecular weight is 403 g/mol. The van der Waals surface area contributed by atoms with Gasteiger partial charge in [0.15, 0.2) is 0 Å². The SMILES string of the molecule is O=C(NCc1ccccc1F)C1CCC(c2ccccc2)N(Cc2ccccc2)C1. The van der Waals surface area contributed by atoms with Crippen molar-refractivity contribution in [3.05, 3.63) is 107 Å². The van der Waals surface area contributed by atoms with Crippen molar-refractivity contribution in [3.8, 4) is 0 Å². The fourth-order valence-electron chi connectivity index (χ4n) is 4.27. The maximum absolute atomic E-state index is 13.9. The van der Waals surface area contributed by atoms with Crippen LogP contribution < -0.4 is 5.32 Å². The Balaban J connectivity index is 1.46. The van der Waals surface area contributed by atoms with Gasteiger partial charge in [-0.1, -0.05) is 78.9 Å². The van der Waals surface area contributed by atoms with Gasteiger partial charge in [-0.15, -0.1) is 0 Å². The van der Waals surface area contributed by atoms with Gasteiger partial charge in [0.05, 0.1) is 5.92 Å². The molecule has 1 amide bonds. The van der Waals surface area contributed by atoms with Gasteiger partial charge in [-0.05, 0) is 30.0 Å². The third-order valence-electron chi connectivity index (χ3n) is 5.88. The fraction of sp³-hybridized carbons (Fsp3) is 0.269. The number of halogens is 1. The van der Waals surface area contributed by atoms with Gasteiger partial charge in [-0.25, -0.2) is 4.39 Å². The highest BCUT2D eigenvalue weighted by Gasteiger charge is 2.32. The molecule has 0 aromatic heterocycles. The zero-order chi connectivity index (χ0) is 20.8. The Morgan fingerprint density at radius 1 is 0.900 bits per heavy atom. The highest BCUT2D eigenvalue weighted by Crippen LogP contribution is 2.34. The molecule has 3 aromatic rings. The smallest absolute Gasteiger partial charge is 0.224 e. The van der Waals surface area contributed by atoms with Crippen LogP contribution in [0.3, 0.4) is 0 Å². The number of hydrogen-bond donors (Lipinski definition) is 1. The van der Waals surface area contributed by atoms with Crippen LogP contribution in [0.5, 0.6) is 0 Å². The standard InChI is InChI=1S/C26H27FN2O/c27-24-14-8-7-13-22(24)17-28-26(30)23-15-16-25(21-11-5-2-6-12-21)29(19-23)18-20-9-3-1-4-10-20/h1-14,23,25H,15-19H2,(H,28,30).